The third-order valence-electron chi connectivity index (χ3n) is 2.24. The lowest BCUT2D eigenvalue weighted by molar-refractivity contribution is -0.137. The third kappa shape index (κ3) is 3.86. The van der Waals surface area contributed by atoms with E-state index in [9.17, 15) is 4.79 Å². The Hall–Kier alpha value is -0.260. The predicted molar refractivity (Wildman–Crippen MR) is 56.5 cm³/mol. The van der Waals surface area contributed by atoms with E-state index in [-0.39, 0.29) is 6.10 Å². The molecule has 14 heavy (non-hydrogen) atoms. The normalized spacial score (nSPS) is 29.0. The molecule has 2 unspecified atom stereocenters. The molecule has 0 aromatic carbocycles. The molecule has 82 valence electrons. The first-order chi connectivity index (χ1) is 6.59. The van der Waals surface area contributed by atoms with Crippen LogP contribution in [0.3, 0.4) is 0 Å². The van der Waals surface area contributed by atoms with Crippen molar-refractivity contribution in [3.05, 3.63) is 0 Å². The Labute approximate surface area is 88.2 Å². The molecule has 0 aromatic heterocycles. The quantitative estimate of drug-likeness (QED) is 0.712. The average Bonchev–Trinajstić information content (AvgIpc) is 2.51. The number of ether oxygens (including phenoxy) is 1. The molecule has 0 saturated carbocycles. The molecule has 1 aliphatic rings. The van der Waals surface area contributed by atoms with Gasteiger partial charge >= 0.3 is 5.97 Å². The molecule has 1 rings (SSSR count). The second-order valence-electron chi connectivity index (χ2n) is 3.63. The summed E-state index contributed by atoms with van der Waals surface area (Å²) in [5, 5.41) is 8.55. The van der Waals surface area contributed by atoms with Crippen molar-refractivity contribution in [2.45, 2.75) is 38.0 Å². The predicted octanol–water partition coefficient (Wildman–Crippen LogP) is 0.699. The molecule has 3 N–H and O–H groups in total. The molecule has 1 fully saturated rings. The summed E-state index contributed by atoms with van der Waals surface area (Å²) in [4.78, 5) is 10.4. The van der Waals surface area contributed by atoms with Crippen molar-refractivity contribution >= 4 is 17.7 Å². The fraction of sp³-hybridized carbons (Fsp3) is 0.889. The average molecular weight is 219 g/mol. The number of carboxylic acid groups (broad SMARTS) is 1. The number of nitrogens with two attached hydrogens (primary N) is 1. The van der Waals surface area contributed by atoms with Gasteiger partial charge in [0.05, 0.1) is 12.2 Å². The molecule has 5 heteroatoms. The van der Waals surface area contributed by atoms with Gasteiger partial charge in [0.1, 0.15) is 6.04 Å². The molecule has 3 atom stereocenters. The molecule has 0 bridgehead atoms. The van der Waals surface area contributed by atoms with E-state index < -0.39 is 12.0 Å². The molecule has 0 radical (unpaired) electrons. The van der Waals surface area contributed by atoms with E-state index in [2.05, 4.69) is 6.92 Å². The highest BCUT2D eigenvalue weighted by atomic mass is 32.2. The molecule has 1 heterocycles. The van der Waals surface area contributed by atoms with Gasteiger partial charge in [-0.25, -0.2) is 0 Å². The van der Waals surface area contributed by atoms with Gasteiger partial charge in [0.25, 0.3) is 0 Å². The zero-order valence-electron chi connectivity index (χ0n) is 8.31. The van der Waals surface area contributed by atoms with E-state index in [1.54, 1.807) is 11.8 Å². The van der Waals surface area contributed by atoms with Crippen molar-refractivity contribution in [3.8, 4) is 0 Å². The van der Waals surface area contributed by atoms with Crippen LogP contribution in [-0.2, 0) is 9.53 Å². The highest BCUT2D eigenvalue weighted by Gasteiger charge is 2.22. The zero-order valence-corrected chi connectivity index (χ0v) is 9.13. The van der Waals surface area contributed by atoms with Crippen LogP contribution in [0.5, 0.6) is 0 Å². The number of hydrogen-bond acceptors (Lipinski definition) is 4. The minimum absolute atomic E-state index is 0.288. The monoisotopic (exact) mass is 219 g/mol. The number of aliphatic carboxylic acids is 1. The van der Waals surface area contributed by atoms with E-state index in [0.717, 1.165) is 18.6 Å². The molecule has 0 aliphatic carbocycles. The number of carbonyl (C=O) groups is 1. The number of thioether (sulfide) groups is 1. The van der Waals surface area contributed by atoms with E-state index >= 15 is 0 Å². The highest BCUT2D eigenvalue weighted by Crippen LogP contribution is 2.22. The second kappa shape index (κ2) is 5.58. The number of rotatable bonds is 5. The second-order valence-corrected chi connectivity index (χ2v) is 4.70. The van der Waals surface area contributed by atoms with Gasteiger partial charge in [0, 0.05) is 11.5 Å². The van der Waals surface area contributed by atoms with Crippen molar-refractivity contribution in [2.75, 3.05) is 11.5 Å². The van der Waals surface area contributed by atoms with Crippen LogP contribution in [0.2, 0.25) is 0 Å². The van der Waals surface area contributed by atoms with E-state index in [1.807, 2.05) is 0 Å². The summed E-state index contributed by atoms with van der Waals surface area (Å²) in [6, 6.07) is -0.751. The van der Waals surface area contributed by atoms with Crippen molar-refractivity contribution in [2.24, 2.45) is 5.73 Å². The lowest BCUT2D eigenvalue weighted by Crippen LogP contribution is -2.33. The fourth-order valence-electron chi connectivity index (χ4n) is 1.41. The number of carboxylic acids is 1. The topological polar surface area (TPSA) is 72.6 Å². The van der Waals surface area contributed by atoms with Crippen molar-refractivity contribution in [1.29, 1.82) is 0 Å². The van der Waals surface area contributed by atoms with Crippen LogP contribution in [0.1, 0.15) is 19.8 Å². The third-order valence-corrected chi connectivity index (χ3v) is 3.44. The van der Waals surface area contributed by atoms with Crippen LogP contribution < -0.4 is 5.73 Å². The highest BCUT2D eigenvalue weighted by molar-refractivity contribution is 7.99. The van der Waals surface area contributed by atoms with Gasteiger partial charge in [-0.2, -0.15) is 11.8 Å². The summed E-state index contributed by atoms with van der Waals surface area (Å²) in [7, 11) is 0. The Balaban J connectivity index is 2.07. The molecular weight excluding hydrogens is 202 g/mol. The van der Waals surface area contributed by atoms with Crippen molar-refractivity contribution in [3.63, 3.8) is 0 Å². The van der Waals surface area contributed by atoms with Gasteiger partial charge in [-0.1, -0.05) is 0 Å². The Morgan fingerprint density at radius 1 is 1.71 bits per heavy atom. The first-order valence-electron chi connectivity index (χ1n) is 4.81. The largest absolute Gasteiger partial charge is 0.480 e. The minimum Gasteiger partial charge on any atom is -0.480 e. The van der Waals surface area contributed by atoms with Gasteiger partial charge in [0.15, 0.2) is 0 Å². The molecule has 1 saturated heterocycles. The van der Waals surface area contributed by atoms with Gasteiger partial charge in [0.2, 0.25) is 0 Å². The standard InChI is InChI=1S/C9H17NO3S/c1-6-2-3-7(13-6)4-14-5-8(10)9(11)12/h6-8H,2-5,10H2,1H3,(H,11,12)/t6?,7?,8-/m1/s1. The molecule has 0 amide bonds. The Morgan fingerprint density at radius 3 is 2.93 bits per heavy atom. The van der Waals surface area contributed by atoms with Gasteiger partial charge < -0.3 is 15.6 Å². The summed E-state index contributed by atoms with van der Waals surface area (Å²) in [6.45, 7) is 2.06. The van der Waals surface area contributed by atoms with Crippen molar-refractivity contribution < 1.29 is 14.6 Å². The fourth-order valence-corrected chi connectivity index (χ4v) is 2.45. The van der Waals surface area contributed by atoms with Crippen LogP contribution in [0.25, 0.3) is 0 Å². The zero-order chi connectivity index (χ0) is 10.6. The Morgan fingerprint density at radius 2 is 2.43 bits per heavy atom. The number of hydrogen-bond donors (Lipinski definition) is 2. The SMILES string of the molecule is CC1CCC(CSC[C@@H](N)C(=O)O)O1. The van der Waals surface area contributed by atoms with Crippen LogP contribution >= 0.6 is 11.8 Å². The maximum Gasteiger partial charge on any atom is 0.321 e. The maximum absolute atomic E-state index is 10.4. The summed E-state index contributed by atoms with van der Waals surface area (Å²) in [5.41, 5.74) is 5.37. The van der Waals surface area contributed by atoms with Gasteiger partial charge in [-0.15, -0.1) is 0 Å². The van der Waals surface area contributed by atoms with Gasteiger partial charge in [-0.05, 0) is 19.8 Å². The van der Waals surface area contributed by atoms with E-state index in [0.29, 0.717) is 11.9 Å². The van der Waals surface area contributed by atoms with Gasteiger partial charge in [-0.3, -0.25) is 4.79 Å². The lowest BCUT2D eigenvalue weighted by atomic mass is 10.2. The van der Waals surface area contributed by atoms with E-state index in [4.69, 9.17) is 15.6 Å². The summed E-state index contributed by atoms with van der Waals surface area (Å²) in [5.74, 6) is 0.382. The smallest absolute Gasteiger partial charge is 0.321 e. The molecule has 1 aliphatic heterocycles. The lowest BCUT2D eigenvalue weighted by Gasteiger charge is -2.11. The summed E-state index contributed by atoms with van der Waals surface area (Å²) < 4.78 is 5.59. The first-order valence-corrected chi connectivity index (χ1v) is 5.96. The van der Waals surface area contributed by atoms with Crippen molar-refractivity contribution in [1.82, 2.24) is 0 Å². The summed E-state index contributed by atoms with van der Waals surface area (Å²) >= 11 is 1.56. The molecule has 0 spiro atoms. The molecular formula is C9H17NO3S. The van der Waals surface area contributed by atoms with Crippen LogP contribution in [0.15, 0.2) is 0 Å². The Kier molecular flexibility index (Phi) is 4.71. The minimum atomic E-state index is -0.932. The van der Waals surface area contributed by atoms with Crippen LogP contribution in [0.4, 0.5) is 0 Å². The first kappa shape index (κ1) is 11.8. The van der Waals surface area contributed by atoms with E-state index in [1.165, 1.54) is 0 Å². The Bertz CT molecular complexity index is 200. The van der Waals surface area contributed by atoms with Crippen LogP contribution in [-0.4, -0.2) is 40.8 Å². The molecule has 0 aromatic rings. The summed E-state index contributed by atoms with van der Waals surface area (Å²) in [6.07, 6.45) is 2.83. The van der Waals surface area contributed by atoms with Crippen LogP contribution in [0, 0.1) is 0 Å². The maximum atomic E-state index is 10.4. The molecule has 4 nitrogen and oxygen atoms in total.